The number of benzene rings is 2. The molecule has 0 spiro atoms. The Kier molecular flexibility index (Phi) is 6.97. The van der Waals surface area contributed by atoms with Gasteiger partial charge in [-0.1, -0.05) is 23.7 Å². The number of H-pyrrole nitrogens is 2. The van der Waals surface area contributed by atoms with Crippen molar-refractivity contribution in [2.24, 2.45) is 0 Å². The number of aliphatic hydroxyl groups is 2. The van der Waals surface area contributed by atoms with Gasteiger partial charge in [-0.2, -0.15) is 0 Å². The number of pyridine rings is 1. The Morgan fingerprint density at radius 3 is 2.97 bits per heavy atom. The molecule has 0 amide bonds. The van der Waals surface area contributed by atoms with Gasteiger partial charge < -0.3 is 35.1 Å². The summed E-state index contributed by atoms with van der Waals surface area (Å²) in [6, 6.07) is 12.9. The number of aryl methyl sites for hydroxylation is 1. The molecule has 0 bridgehead atoms. The number of aromatic amines is 2. The highest BCUT2D eigenvalue weighted by atomic mass is 35.5. The van der Waals surface area contributed by atoms with Crippen LogP contribution in [0.4, 0.5) is 11.4 Å². The average Bonchev–Trinajstić information content (AvgIpc) is 3.31. The summed E-state index contributed by atoms with van der Waals surface area (Å²) in [6.07, 6.45) is 0.528. The molecule has 0 saturated carbocycles. The summed E-state index contributed by atoms with van der Waals surface area (Å²) in [4.78, 5) is 25.8. The van der Waals surface area contributed by atoms with Crippen LogP contribution in [0.2, 0.25) is 5.02 Å². The van der Waals surface area contributed by atoms with Gasteiger partial charge in [0.15, 0.2) is 0 Å². The second-order valence-electron chi connectivity index (χ2n) is 8.91. The van der Waals surface area contributed by atoms with Crippen LogP contribution < -0.4 is 15.8 Å². The van der Waals surface area contributed by atoms with E-state index in [1.165, 1.54) is 0 Å². The van der Waals surface area contributed by atoms with Gasteiger partial charge in [-0.05, 0) is 48.4 Å². The molecule has 0 unspecified atom stereocenters. The number of rotatable bonds is 7. The second-order valence-corrected chi connectivity index (χ2v) is 9.35. The van der Waals surface area contributed by atoms with Crippen molar-refractivity contribution < 1.29 is 14.9 Å². The largest absolute Gasteiger partial charge is 0.394 e. The fraction of sp³-hybridized carbons (Fsp3) is 0.308. The maximum atomic E-state index is 12.9. The minimum atomic E-state index is -0.812. The number of anilines is 2. The maximum Gasteiger partial charge on any atom is 0.261 e. The molecular weight excluding hydrogens is 482 g/mol. The van der Waals surface area contributed by atoms with Crippen LogP contribution in [-0.4, -0.2) is 64.1 Å². The molecular formula is C26H28ClN5O4. The molecule has 0 aliphatic carbocycles. The maximum absolute atomic E-state index is 12.9. The third kappa shape index (κ3) is 4.96. The standard InChI is InChI=1S/C26H28ClN5O4/c1-15-9-18(32-7-8-36-19(13-32)14-33)11-21-24(15)31-25(30-21)23-20(5-6-28-26(23)35)29-12-22(34)16-3-2-4-17(27)10-16/h2-6,9-11,19,22,33-34H,7-8,12-14H2,1H3,(H,30,31)(H2,28,29,35)/t19-,22-/m0/s1. The van der Waals surface area contributed by atoms with Crippen molar-refractivity contribution >= 4 is 34.0 Å². The lowest BCUT2D eigenvalue weighted by molar-refractivity contribution is 0.00357. The molecule has 1 saturated heterocycles. The first-order valence-electron chi connectivity index (χ1n) is 11.8. The van der Waals surface area contributed by atoms with Crippen LogP contribution in [0.25, 0.3) is 22.4 Å². The summed E-state index contributed by atoms with van der Waals surface area (Å²) in [7, 11) is 0. The Balaban J connectivity index is 1.44. The summed E-state index contributed by atoms with van der Waals surface area (Å²) in [5.41, 5.74) is 4.84. The number of hydrogen-bond acceptors (Lipinski definition) is 7. The molecule has 2 aromatic heterocycles. The summed E-state index contributed by atoms with van der Waals surface area (Å²) in [5.74, 6) is 0.432. The van der Waals surface area contributed by atoms with Gasteiger partial charge in [0.2, 0.25) is 0 Å². The predicted octanol–water partition coefficient (Wildman–Crippen LogP) is 3.22. The molecule has 2 atom stereocenters. The summed E-state index contributed by atoms with van der Waals surface area (Å²) in [5, 5.41) is 23.8. The van der Waals surface area contributed by atoms with E-state index in [-0.39, 0.29) is 24.8 Å². The fourth-order valence-corrected chi connectivity index (χ4v) is 4.73. The zero-order valence-electron chi connectivity index (χ0n) is 19.8. The van der Waals surface area contributed by atoms with Crippen LogP contribution in [-0.2, 0) is 4.74 Å². The quantitative estimate of drug-likeness (QED) is 0.259. The lowest BCUT2D eigenvalue weighted by Gasteiger charge is -2.33. The Hall–Kier alpha value is -3.37. The van der Waals surface area contributed by atoms with Crippen molar-refractivity contribution in [2.75, 3.05) is 43.1 Å². The molecule has 36 heavy (non-hydrogen) atoms. The number of hydrogen-bond donors (Lipinski definition) is 5. The van der Waals surface area contributed by atoms with E-state index in [0.29, 0.717) is 40.8 Å². The number of morpholine rings is 1. The number of ether oxygens (including phenoxy) is 1. The SMILES string of the molecule is Cc1cc(N2CCO[C@H](CO)C2)cc2[nH]c(-c3c(NC[C@H](O)c4cccc(Cl)c4)cc[nH]c3=O)nc12. The van der Waals surface area contributed by atoms with Crippen LogP contribution in [0, 0.1) is 6.92 Å². The van der Waals surface area contributed by atoms with Gasteiger partial charge in [0.25, 0.3) is 5.56 Å². The monoisotopic (exact) mass is 509 g/mol. The minimum Gasteiger partial charge on any atom is -0.394 e. The van der Waals surface area contributed by atoms with E-state index in [1.54, 1.807) is 36.5 Å². The molecule has 0 radical (unpaired) electrons. The summed E-state index contributed by atoms with van der Waals surface area (Å²) >= 11 is 6.05. The van der Waals surface area contributed by atoms with Crippen molar-refractivity contribution in [1.29, 1.82) is 0 Å². The lowest BCUT2D eigenvalue weighted by Crippen LogP contribution is -2.44. The topological polar surface area (TPSA) is 126 Å². The molecule has 4 aromatic rings. The van der Waals surface area contributed by atoms with Gasteiger partial charge in [0.1, 0.15) is 11.4 Å². The first-order chi connectivity index (χ1) is 17.4. The highest BCUT2D eigenvalue weighted by Crippen LogP contribution is 2.30. The minimum absolute atomic E-state index is 0.0233. The van der Waals surface area contributed by atoms with E-state index in [9.17, 15) is 15.0 Å². The predicted molar refractivity (Wildman–Crippen MR) is 141 cm³/mol. The molecule has 5 N–H and O–H groups in total. The number of nitrogens with zero attached hydrogens (tertiary/aromatic N) is 2. The van der Waals surface area contributed by atoms with E-state index in [1.807, 2.05) is 13.0 Å². The normalized spacial score (nSPS) is 16.9. The van der Waals surface area contributed by atoms with E-state index in [0.717, 1.165) is 28.8 Å². The van der Waals surface area contributed by atoms with Crippen LogP contribution in [0.3, 0.4) is 0 Å². The van der Waals surface area contributed by atoms with Crippen molar-refractivity contribution in [2.45, 2.75) is 19.1 Å². The van der Waals surface area contributed by atoms with Crippen LogP contribution >= 0.6 is 11.6 Å². The third-order valence-corrected chi connectivity index (χ3v) is 6.62. The van der Waals surface area contributed by atoms with Crippen molar-refractivity contribution in [1.82, 2.24) is 15.0 Å². The van der Waals surface area contributed by atoms with Gasteiger partial charge >= 0.3 is 0 Å². The summed E-state index contributed by atoms with van der Waals surface area (Å²) < 4.78 is 5.58. The van der Waals surface area contributed by atoms with Crippen molar-refractivity contribution in [3.05, 3.63) is 75.2 Å². The Morgan fingerprint density at radius 2 is 2.17 bits per heavy atom. The second kappa shape index (κ2) is 10.3. The van der Waals surface area contributed by atoms with E-state index in [2.05, 4.69) is 26.3 Å². The van der Waals surface area contributed by atoms with Crippen LogP contribution in [0.1, 0.15) is 17.2 Å². The Labute approximate surface area is 212 Å². The van der Waals surface area contributed by atoms with Crippen molar-refractivity contribution in [3.63, 3.8) is 0 Å². The molecule has 3 heterocycles. The van der Waals surface area contributed by atoms with Crippen LogP contribution in [0.5, 0.6) is 0 Å². The number of fused-ring (bicyclic) bond motifs is 1. The van der Waals surface area contributed by atoms with E-state index >= 15 is 0 Å². The smallest absolute Gasteiger partial charge is 0.261 e. The Bertz CT molecular complexity index is 1440. The van der Waals surface area contributed by atoms with Gasteiger partial charge in [-0.3, -0.25) is 4.79 Å². The highest BCUT2D eigenvalue weighted by Gasteiger charge is 2.22. The first kappa shape index (κ1) is 24.3. The van der Waals surface area contributed by atoms with Gasteiger partial charge in [0, 0.05) is 36.5 Å². The highest BCUT2D eigenvalue weighted by molar-refractivity contribution is 6.30. The molecule has 1 aliphatic heterocycles. The zero-order chi connectivity index (χ0) is 25.2. The summed E-state index contributed by atoms with van der Waals surface area (Å²) in [6.45, 7) is 4.02. The fourth-order valence-electron chi connectivity index (χ4n) is 4.54. The number of imidazole rings is 1. The number of nitrogens with one attached hydrogen (secondary N) is 3. The zero-order valence-corrected chi connectivity index (χ0v) is 20.5. The number of halogens is 1. The van der Waals surface area contributed by atoms with E-state index < -0.39 is 6.10 Å². The molecule has 10 heteroatoms. The van der Waals surface area contributed by atoms with Crippen molar-refractivity contribution in [3.8, 4) is 11.4 Å². The molecule has 5 rings (SSSR count). The molecule has 9 nitrogen and oxygen atoms in total. The van der Waals surface area contributed by atoms with Crippen LogP contribution in [0.15, 0.2) is 53.5 Å². The lowest BCUT2D eigenvalue weighted by atomic mass is 10.1. The van der Waals surface area contributed by atoms with Gasteiger partial charge in [0.05, 0.1) is 42.1 Å². The molecule has 1 fully saturated rings. The molecule has 1 aliphatic rings. The van der Waals surface area contributed by atoms with E-state index in [4.69, 9.17) is 21.3 Å². The Morgan fingerprint density at radius 1 is 1.31 bits per heavy atom. The number of aromatic nitrogens is 3. The van der Waals surface area contributed by atoms with Gasteiger partial charge in [-0.25, -0.2) is 4.98 Å². The van der Waals surface area contributed by atoms with Gasteiger partial charge in [-0.15, -0.1) is 0 Å². The number of aliphatic hydroxyl groups excluding tert-OH is 2. The third-order valence-electron chi connectivity index (χ3n) is 6.39. The average molecular weight is 510 g/mol. The molecule has 2 aromatic carbocycles. The molecule has 188 valence electrons. The first-order valence-corrected chi connectivity index (χ1v) is 12.2.